The standard InChI is InChI=1S/C9H5N3O/c10-5-7-6-11-2-1-8(7)9-12-3-4-13-9/h1-4,6H. The molecule has 0 radical (unpaired) electrons. The first-order valence-corrected chi connectivity index (χ1v) is 3.66. The van der Waals surface area contributed by atoms with Gasteiger partial charge in [-0.1, -0.05) is 0 Å². The highest BCUT2D eigenvalue weighted by Crippen LogP contribution is 2.19. The van der Waals surface area contributed by atoms with Gasteiger partial charge in [-0.3, -0.25) is 4.98 Å². The third-order valence-corrected chi connectivity index (χ3v) is 1.60. The fourth-order valence-corrected chi connectivity index (χ4v) is 1.03. The molecule has 13 heavy (non-hydrogen) atoms. The van der Waals surface area contributed by atoms with Crippen molar-refractivity contribution < 1.29 is 4.42 Å². The largest absolute Gasteiger partial charge is 0.444 e. The first kappa shape index (κ1) is 7.50. The fourth-order valence-electron chi connectivity index (χ4n) is 1.03. The van der Waals surface area contributed by atoms with Gasteiger partial charge >= 0.3 is 0 Å². The summed E-state index contributed by atoms with van der Waals surface area (Å²) in [5, 5.41) is 8.76. The minimum absolute atomic E-state index is 0.443. The average Bonchev–Trinajstić information content (AvgIpc) is 2.70. The number of pyridine rings is 1. The lowest BCUT2D eigenvalue weighted by molar-refractivity contribution is 0.574. The van der Waals surface area contributed by atoms with E-state index in [1.54, 1.807) is 12.3 Å². The second-order valence-corrected chi connectivity index (χ2v) is 2.37. The lowest BCUT2D eigenvalue weighted by atomic mass is 10.1. The van der Waals surface area contributed by atoms with E-state index in [2.05, 4.69) is 9.97 Å². The molecule has 0 aliphatic carbocycles. The molecular formula is C9H5N3O. The van der Waals surface area contributed by atoms with E-state index in [4.69, 9.17) is 9.68 Å². The summed E-state index contributed by atoms with van der Waals surface area (Å²) in [6.07, 6.45) is 6.09. The highest BCUT2D eigenvalue weighted by atomic mass is 16.3. The van der Waals surface area contributed by atoms with Crippen molar-refractivity contribution in [2.75, 3.05) is 0 Å². The molecule has 0 aliphatic heterocycles. The van der Waals surface area contributed by atoms with Gasteiger partial charge in [0.05, 0.1) is 17.3 Å². The van der Waals surface area contributed by atoms with E-state index >= 15 is 0 Å². The van der Waals surface area contributed by atoms with Gasteiger partial charge in [-0.15, -0.1) is 0 Å². The molecule has 0 aromatic carbocycles. The Balaban J connectivity index is 2.59. The average molecular weight is 171 g/mol. The number of aromatic nitrogens is 2. The number of rotatable bonds is 1. The number of nitriles is 1. The van der Waals surface area contributed by atoms with Crippen LogP contribution in [0.4, 0.5) is 0 Å². The maximum Gasteiger partial charge on any atom is 0.227 e. The van der Waals surface area contributed by atoms with E-state index in [0.717, 1.165) is 0 Å². The Bertz CT molecular complexity index is 442. The summed E-state index contributed by atoms with van der Waals surface area (Å²) in [5.74, 6) is 0.443. The Morgan fingerprint density at radius 3 is 3.00 bits per heavy atom. The van der Waals surface area contributed by atoms with Gasteiger partial charge in [-0.05, 0) is 6.07 Å². The van der Waals surface area contributed by atoms with Gasteiger partial charge < -0.3 is 4.42 Å². The molecule has 2 aromatic heterocycles. The Hall–Kier alpha value is -2.15. The molecule has 0 atom stereocenters. The van der Waals surface area contributed by atoms with Crippen LogP contribution in [0.1, 0.15) is 5.56 Å². The minimum atomic E-state index is 0.443. The highest BCUT2D eigenvalue weighted by molar-refractivity contribution is 5.61. The predicted octanol–water partition coefficient (Wildman–Crippen LogP) is 1.61. The molecule has 62 valence electrons. The molecule has 4 nitrogen and oxygen atoms in total. The van der Waals surface area contributed by atoms with E-state index in [9.17, 15) is 0 Å². The van der Waals surface area contributed by atoms with Crippen molar-refractivity contribution in [3.05, 3.63) is 36.5 Å². The first-order chi connectivity index (χ1) is 6.42. The van der Waals surface area contributed by atoms with Crippen molar-refractivity contribution in [1.29, 1.82) is 5.26 Å². The molecular weight excluding hydrogens is 166 g/mol. The van der Waals surface area contributed by atoms with Crippen LogP contribution in [-0.4, -0.2) is 9.97 Å². The molecule has 2 heterocycles. The molecule has 0 fully saturated rings. The lowest BCUT2D eigenvalue weighted by Crippen LogP contribution is -1.84. The summed E-state index contributed by atoms with van der Waals surface area (Å²) in [7, 11) is 0. The van der Waals surface area contributed by atoms with Crippen molar-refractivity contribution in [1.82, 2.24) is 9.97 Å². The smallest absolute Gasteiger partial charge is 0.227 e. The highest BCUT2D eigenvalue weighted by Gasteiger charge is 2.07. The Morgan fingerprint density at radius 1 is 1.38 bits per heavy atom. The van der Waals surface area contributed by atoms with Gasteiger partial charge in [0, 0.05) is 12.4 Å². The monoisotopic (exact) mass is 171 g/mol. The summed E-state index contributed by atoms with van der Waals surface area (Å²) in [6.45, 7) is 0. The van der Waals surface area contributed by atoms with Crippen LogP contribution in [0.2, 0.25) is 0 Å². The Morgan fingerprint density at radius 2 is 2.31 bits per heavy atom. The van der Waals surface area contributed by atoms with Crippen molar-refractivity contribution >= 4 is 0 Å². The summed E-state index contributed by atoms with van der Waals surface area (Å²) in [5.41, 5.74) is 1.13. The molecule has 0 N–H and O–H groups in total. The van der Waals surface area contributed by atoms with Gasteiger partial charge in [0.2, 0.25) is 5.89 Å². The summed E-state index contributed by atoms with van der Waals surface area (Å²) >= 11 is 0. The Kier molecular flexibility index (Phi) is 1.77. The lowest BCUT2D eigenvalue weighted by Gasteiger charge is -1.95. The molecule has 2 aromatic rings. The zero-order chi connectivity index (χ0) is 9.10. The molecule has 0 bridgehead atoms. The first-order valence-electron chi connectivity index (χ1n) is 3.66. The normalized spacial score (nSPS) is 9.46. The molecule has 0 spiro atoms. The second kappa shape index (κ2) is 3.07. The molecule has 4 heteroatoms. The topological polar surface area (TPSA) is 62.7 Å². The predicted molar refractivity (Wildman–Crippen MR) is 44.4 cm³/mol. The zero-order valence-electron chi connectivity index (χ0n) is 6.64. The number of oxazole rings is 1. The van der Waals surface area contributed by atoms with Crippen LogP contribution in [0.25, 0.3) is 11.5 Å². The maximum atomic E-state index is 8.76. The Labute approximate surface area is 74.5 Å². The summed E-state index contributed by atoms with van der Waals surface area (Å²) < 4.78 is 5.07. The van der Waals surface area contributed by atoms with Crippen LogP contribution in [0, 0.1) is 11.3 Å². The van der Waals surface area contributed by atoms with Crippen LogP contribution < -0.4 is 0 Å². The van der Waals surface area contributed by atoms with Crippen LogP contribution >= 0.6 is 0 Å². The fraction of sp³-hybridized carbons (Fsp3) is 0. The molecule has 0 saturated carbocycles. The van der Waals surface area contributed by atoms with Crippen LogP contribution in [0.15, 0.2) is 35.3 Å². The minimum Gasteiger partial charge on any atom is -0.444 e. The van der Waals surface area contributed by atoms with E-state index < -0.39 is 0 Å². The van der Waals surface area contributed by atoms with Crippen LogP contribution in [0.3, 0.4) is 0 Å². The molecule has 0 amide bonds. The third kappa shape index (κ3) is 1.27. The van der Waals surface area contributed by atoms with E-state index in [1.165, 1.54) is 18.7 Å². The maximum absolute atomic E-state index is 8.76. The van der Waals surface area contributed by atoms with Crippen LogP contribution in [-0.2, 0) is 0 Å². The van der Waals surface area contributed by atoms with Gasteiger partial charge in [0.25, 0.3) is 0 Å². The quantitative estimate of drug-likeness (QED) is 0.653. The van der Waals surface area contributed by atoms with Crippen molar-refractivity contribution in [2.45, 2.75) is 0 Å². The van der Waals surface area contributed by atoms with Gasteiger partial charge in [-0.25, -0.2) is 4.98 Å². The molecule has 2 rings (SSSR count). The van der Waals surface area contributed by atoms with Crippen molar-refractivity contribution in [3.8, 4) is 17.5 Å². The summed E-state index contributed by atoms with van der Waals surface area (Å²) in [4.78, 5) is 7.78. The van der Waals surface area contributed by atoms with E-state index in [-0.39, 0.29) is 0 Å². The summed E-state index contributed by atoms with van der Waals surface area (Å²) in [6, 6.07) is 3.72. The van der Waals surface area contributed by atoms with Crippen molar-refractivity contribution in [3.63, 3.8) is 0 Å². The number of hydrogen-bond acceptors (Lipinski definition) is 4. The van der Waals surface area contributed by atoms with E-state index in [0.29, 0.717) is 17.0 Å². The molecule has 0 unspecified atom stereocenters. The molecule has 0 saturated heterocycles. The van der Waals surface area contributed by atoms with Gasteiger partial charge in [0.15, 0.2) is 0 Å². The number of hydrogen-bond donors (Lipinski definition) is 0. The van der Waals surface area contributed by atoms with Crippen molar-refractivity contribution in [2.24, 2.45) is 0 Å². The van der Waals surface area contributed by atoms with Gasteiger partial charge in [-0.2, -0.15) is 5.26 Å². The SMILES string of the molecule is N#Cc1cnccc1-c1ncco1. The van der Waals surface area contributed by atoms with Gasteiger partial charge in [0.1, 0.15) is 12.3 Å². The van der Waals surface area contributed by atoms with Crippen LogP contribution in [0.5, 0.6) is 0 Å². The second-order valence-electron chi connectivity index (χ2n) is 2.37. The zero-order valence-corrected chi connectivity index (χ0v) is 6.64. The third-order valence-electron chi connectivity index (χ3n) is 1.60. The van der Waals surface area contributed by atoms with E-state index in [1.807, 2.05) is 6.07 Å². The molecule has 0 aliphatic rings. The number of nitrogens with zero attached hydrogens (tertiary/aromatic N) is 3.